The van der Waals surface area contributed by atoms with E-state index in [1.54, 1.807) is 30.3 Å². The highest BCUT2D eigenvalue weighted by Gasteiger charge is 2.07. The van der Waals surface area contributed by atoms with Gasteiger partial charge >= 0.3 is 0 Å². The van der Waals surface area contributed by atoms with E-state index >= 15 is 0 Å². The fourth-order valence-corrected chi connectivity index (χ4v) is 1.37. The second-order valence-corrected chi connectivity index (χ2v) is 3.14. The Kier molecular flexibility index (Phi) is 2.84. The van der Waals surface area contributed by atoms with Crippen molar-refractivity contribution in [2.45, 2.75) is 0 Å². The van der Waals surface area contributed by atoms with Gasteiger partial charge in [-0.25, -0.2) is 4.39 Å². The number of hydrogen-bond acceptors (Lipinski definition) is 2. The number of benzene rings is 1. The lowest BCUT2D eigenvalue weighted by molar-refractivity contribution is 0.561. The van der Waals surface area contributed by atoms with Crippen LogP contribution in [0.15, 0.2) is 46.9 Å². The number of hydrogen-bond donors (Lipinski definition) is 0. The molecule has 0 atom stereocenters. The lowest BCUT2D eigenvalue weighted by Crippen LogP contribution is -1.79. The van der Waals surface area contributed by atoms with E-state index in [1.807, 2.05) is 6.07 Å². The van der Waals surface area contributed by atoms with Gasteiger partial charge in [0, 0.05) is 6.08 Å². The molecule has 1 aromatic carbocycles. The maximum Gasteiger partial charge on any atom is 0.137 e. The molecule has 0 radical (unpaired) electrons. The number of halogens is 1. The first kappa shape index (κ1) is 10.2. The molecule has 0 spiro atoms. The van der Waals surface area contributed by atoms with E-state index in [1.165, 1.54) is 18.2 Å². The van der Waals surface area contributed by atoms with E-state index in [9.17, 15) is 4.39 Å². The summed E-state index contributed by atoms with van der Waals surface area (Å²) < 4.78 is 18.8. The van der Waals surface area contributed by atoms with Crippen molar-refractivity contribution in [1.29, 1.82) is 5.26 Å². The molecule has 0 N–H and O–H groups in total. The summed E-state index contributed by atoms with van der Waals surface area (Å²) in [6.45, 7) is 0. The molecule has 0 aliphatic heterocycles. The van der Waals surface area contributed by atoms with Gasteiger partial charge in [0.2, 0.25) is 0 Å². The quantitative estimate of drug-likeness (QED) is 0.714. The van der Waals surface area contributed by atoms with E-state index in [4.69, 9.17) is 9.68 Å². The standard InChI is InChI=1S/C13H8FNO/c14-12-6-2-1-5-11(12)13-8-7-10(16-13)4-3-9-15/h1-8H. The van der Waals surface area contributed by atoms with Crippen LogP contribution in [0.3, 0.4) is 0 Å². The molecule has 3 heteroatoms. The zero-order chi connectivity index (χ0) is 11.4. The molecule has 0 aliphatic rings. The molecule has 2 nitrogen and oxygen atoms in total. The van der Waals surface area contributed by atoms with Crippen molar-refractivity contribution in [2.75, 3.05) is 0 Å². The minimum Gasteiger partial charge on any atom is -0.457 e. The molecule has 1 aromatic heterocycles. The molecule has 0 amide bonds. The van der Waals surface area contributed by atoms with Gasteiger partial charge in [-0.1, -0.05) is 12.1 Å². The molecule has 0 unspecified atom stereocenters. The van der Waals surface area contributed by atoms with Gasteiger partial charge < -0.3 is 4.42 Å². The molecule has 78 valence electrons. The third kappa shape index (κ3) is 2.01. The van der Waals surface area contributed by atoms with Crippen LogP contribution in [0.1, 0.15) is 5.76 Å². The Morgan fingerprint density at radius 2 is 2.00 bits per heavy atom. The van der Waals surface area contributed by atoms with Crippen LogP contribution < -0.4 is 0 Å². The van der Waals surface area contributed by atoms with Crippen LogP contribution in [-0.2, 0) is 0 Å². The van der Waals surface area contributed by atoms with Crippen molar-refractivity contribution < 1.29 is 8.81 Å². The fourth-order valence-electron chi connectivity index (χ4n) is 1.37. The van der Waals surface area contributed by atoms with Crippen molar-refractivity contribution >= 4 is 6.08 Å². The van der Waals surface area contributed by atoms with Gasteiger partial charge in [-0.2, -0.15) is 5.26 Å². The van der Waals surface area contributed by atoms with Gasteiger partial charge in [0.1, 0.15) is 17.3 Å². The maximum atomic E-state index is 13.4. The summed E-state index contributed by atoms with van der Waals surface area (Å²) >= 11 is 0. The van der Waals surface area contributed by atoms with Gasteiger partial charge in [-0.15, -0.1) is 0 Å². The number of rotatable bonds is 2. The van der Waals surface area contributed by atoms with Crippen LogP contribution in [-0.4, -0.2) is 0 Å². The van der Waals surface area contributed by atoms with Crippen molar-refractivity contribution in [1.82, 2.24) is 0 Å². The first-order valence-corrected chi connectivity index (χ1v) is 4.72. The second-order valence-electron chi connectivity index (χ2n) is 3.14. The molecule has 0 aliphatic carbocycles. The van der Waals surface area contributed by atoms with Crippen molar-refractivity contribution in [3.63, 3.8) is 0 Å². The largest absolute Gasteiger partial charge is 0.457 e. The van der Waals surface area contributed by atoms with E-state index in [0.29, 0.717) is 17.1 Å². The third-order valence-electron chi connectivity index (χ3n) is 2.09. The highest BCUT2D eigenvalue weighted by molar-refractivity contribution is 5.60. The number of nitriles is 1. The van der Waals surface area contributed by atoms with Crippen LogP contribution in [0.25, 0.3) is 17.4 Å². The average molecular weight is 213 g/mol. The van der Waals surface area contributed by atoms with Gasteiger partial charge in [0.15, 0.2) is 0 Å². The zero-order valence-electron chi connectivity index (χ0n) is 8.35. The molecule has 2 aromatic rings. The minimum atomic E-state index is -0.326. The summed E-state index contributed by atoms with van der Waals surface area (Å²) in [4.78, 5) is 0. The first-order chi connectivity index (χ1) is 7.81. The van der Waals surface area contributed by atoms with E-state index in [0.717, 1.165) is 0 Å². The molecule has 1 heterocycles. The zero-order valence-corrected chi connectivity index (χ0v) is 8.35. The van der Waals surface area contributed by atoms with Crippen molar-refractivity contribution in [3.8, 4) is 17.4 Å². The highest BCUT2D eigenvalue weighted by Crippen LogP contribution is 2.25. The van der Waals surface area contributed by atoms with Crippen LogP contribution in [0.4, 0.5) is 4.39 Å². The second kappa shape index (κ2) is 4.45. The Bertz CT molecular complexity index is 563. The van der Waals surface area contributed by atoms with Gasteiger partial charge in [0.25, 0.3) is 0 Å². The molecular formula is C13H8FNO. The van der Waals surface area contributed by atoms with Crippen LogP contribution in [0, 0.1) is 17.1 Å². The molecular weight excluding hydrogens is 205 g/mol. The number of nitrogens with zero attached hydrogens (tertiary/aromatic N) is 1. The third-order valence-corrected chi connectivity index (χ3v) is 2.09. The summed E-state index contributed by atoms with van der Waals surface area (Å²) in [5.74, 6) is 0.656. The topological polar surface area (TPSA) is 36.9 Å². The summed E-state index contributed by atoms with van der Waals surface area (Å²) in [6, 6.07) is 11.6. The molecule has 0 saturated heterocycles. The van der Waals surface area contributed by atoms with Crippen molar-refractivity contribution in [3.05, 3.63) is 54.1 Å². The predicted molar refractivity (Wildman–Crippen MR) is 58.7 cm³/mol. The first-order valence-electron chi connectivity index (χ1n) is 4.72. The van der Waals surface area contributed by atoms with E-state index in [2.05, 4.69) is 0 Å². The van der Waals surface area contributed by atoms with Gasteiger partial charge in [0.05, 0.1) is 11.6 Å². The molecule has 16 heavy (non-hydrogen) atoms. The Labute approximate surface area is 92.2 Å². The Balaban J connectivity index is 2.36. The summed E-state index contributed by atoms with van der Waals surface area (Å²) in [5.41, 5.74) is 0.416. The summed E-state index contributed by atoms with van der Waals surface area (Å²) in [7, 11) is 0. The predicted octanol–water partition coefficient (Wildman–Crippen LogP) is 3.62. The molecule has 0 bridgehead atoms. The normalized spacial score (nSPS) is 10.5. The monoisotopic (exact) mass is 213 g/mol. The van der Waals surface area contributed by atoms with Gasteiger partial charge in [-0.05, 0) is 30.3 Å². The molecule has 0 saturated carbocycles. The van der Waals surface area contributed by atoms with Crippen LogP contribution in [0.2, 0.25) is 0 Å². The average Bonchev–Trinajstić information content (AvgIpc) is 2.75. The Morgan fingerprint density at radius 3 is 2.75 bits per heavy atom. The van der Waals surface area contributed by atoms with E-state index < -0.39 is 0 Å². The maximum absolute atomic E-state index is 13.4. The van der Waals surface area contributed by atoms with Crippen LogP contribution >= 0.6 is 0 Å². The Hall–Kier alpha value is -2.34. The fraction of sp³-hybridized carbons (Fsp3) is 0. The molecule has 2 rings (SSSR count). The number of furan rings is 1. The minimum absolute atomic E-state index is 0.326. The van der Waals surface area contributed by atoms with Gasteiger partial charge in [-0.3, -0.25) is 0 Å². The highest BCUT2D eigenvalue weighted by atomic mass is 19.1. The summed E-state index contributed by atoms with van der Waals surface area (Å²) in [6.07, 6.45) is 2.84. The molecule has 0 fully saturated rings. The number of allylic oxidation sites excluding steroid dienone is 1. The Morgan fingerprint density at radius 1 is 1.19 bits per heavy atom. The summed E-state index contributed by atoms with van der Waals surface area (Å²) in [5, 5.41) is 8.36. The smallest absolute Gasteiger partial charge is 0.137 e. The van der Waals surface area contributed by atoms with E-state index in [-0.39, 0.29) is 5.82 Å². The lowest BCUT2D eigenvalue weighted by Gasteiger charge is -1.97. The lowest BCUT2D eigenvalue weighted by atomic mass is 10.1. The van der Waals surface area contributed by atoms with Crippen LogP contribution in [0.5, 0.6) is 0 Å². The van der Waals surface area contributed by atoms with Crippen molar-refractivity contribution in [2.24, 2.45) is 0 Å². The SMILES string of the molecule is N#CC=Cc1ccc(-c2ccccc2F)o1.